The first-order valence-electron chi connectivity index (χ1n) is 4.26. The summed E-state index contributed by atoms with van der Waals surface area (Å²) in [6.45, 7) is 2.22. The van der Waals surface area contributed by atoms with Crippen LogP contribution in [0.2, 0.25) is 0 Å². The third kappa shape index (κ3) is 2.89. The molecule has 0 fully saturated rings. The number of nitrogen functional groups attached to an aromatic ring is 1. The maximum atomic E-state index is 11.8. The van der Waals surface area contributed by atoms with Crippen LogP contribution in [-0.2, 0) is 0 Å². The number of pyridine rings is 1. The van der Waals surface area contributed by atoms with Crippen LogP contribution in [0.3, 0.4) is 0 Å². The molecule has 0 amide bonds. The number of alkyl halides is 1. The number of hydrogen-bond donors (Lipinski definition) is 2. The quantitative estimate of drug-likeness (QED) is 0.699. The van der Waals surface area contributed by atoms with Gasteiger partial charge in [0.25, 0.3) is 0 Å². The zero-order valence-corrected chi connectivity index (χ0v) is 7.68. The maximum Gasteiger partial charge on any atom is 0.128 e. The van der Waals surface area contributed by atoms with Crippen LogP contribution in [0.4, 0.5) is 15.9 Å². The lowest BCUT2D eigenvalue weighted by atomic mass is 10.2. The molecule has 1 aromatic rings. The van der Waals surface area contributed by atoms with E-state index < -0.39 is 0 Å². The van der Waals surface area contributed by atoms with E-state index in [1.54, 1.807) is 6.20 Å². The Morgan fingerprint density at radius 2 is 2.38 bits per heavy atom. The first-order chi connectivity index (χ1) is 6.24. The predicted octanol–water partition coefficient (Wildman–Crippen LogP) is 1.74. The van der Waals surface area contributed by atoms with Gasteiger partial charge in [0.05, 0.1) is 18.6 Å². The van der Waals surface area contributed by atoms with Gasteiger partial charge in [-0.3, -0.25) is 4.39 Å². The number of nitrogens with zero attached hydrogens (tertiary/aromatic N) is 1. The van der Waals surface area contributed by atoms with Crippen LogP contribution < -0.4 is 11.1 Å². The molecule has 3 N–H and O–H groups in total. The zero-order valence-electron chi connectivity index (χ0n) is 7.68. The topological polar surface area (TPSA) is 50.9 Å². The van der Waals surface area contributed by atoms with Crippen LogP contribution in [0.15, 0.2) is 12.3 Å². The van der Waals surface area contributed by atoms with E-state index in [0.717, 1.165) is 11.4 Å². The molecule has 0 unspecified atom stereocenters. The molecule has 72 valence electrons. The van der Waals surface area contributed by atoms with Crippen LogP contribution in [0.1, 0.15) is 12.0 Å². The number of aryl methyl sites for hydroxylation is 1. The summed E-state index contributed by atoms with van der Waals surface area (Å²) in [7, 11) is 0. The lowest BCUT2D eigenvalue weighted by Crippen LogP contribution is -2.05. The predicted molar refractivity (Wildman–Crippen MR) is 52.5 cm³/mol. The summed E-state index contributed by atoms with van der Waals surface area (Å²) in [4.78, 5) is 4.09. The Balaban J connectivity index is 2.56. The molecule has 1 heterocycles. The second-order valence-electron chi connectivity index (χ2n) is 2.90. The third-order valence-electron chi connectivity index (χ3n) is 1.70. The highest BCUT2D eigenvalue weighted by Crippen LogP contribution is 2.13. The molecule has 4 heteroatoms. The summed E-state index contributed by atoms with van der Waals surface area (Å²) >= 11 is 0. The molecule has 0 saturated heterocycles. The number of hydrogen-bond acceptors (Lipinski definition) is 3. The molecule has 0 aromatic carbocycles. The largest absolute Gasteiger partial charge is 0.397 e. The Labute approximate surface area is 77.2 Å². The van der Waals surface area contributed by atoms with Crippen molar-refractivity contribution in [3.05, 3.63) is 17.8 Å². The van der Waals surface area contributed by atoms with E-state index in [-0.39, 0.29) is 6.67 Å². The number of aromatic nitrogens is 1. The second kappa shape index (κ2) is 4.64. The van der Waals surface area contributed by atoms with Crippen molar-refractivity contribution in [3.63, 3.8) is 0 Å². The highest BCUT2D eigenvalue weighted by atomic mass is 19.1. The van der Waals surface area contributed by atoms with Gasteiger partial charge in [-0.25, -0.2) is 4.98 Å². The Morgan fingerprint density at radius 3 is 3.00 bits per heavy atom. The fraction of sp³-hybridized carbons (Fsp3) is 0.444. The molecule has 0 atom stereocenters. The van der Waals surface area contributed by atoms with Gasteiger partial charge < -0.3 is 11.1 Å². The zero-order chi connectivity index (χ0) is 9.68. The van der Waals surface area contributed by atoms with Crippen molar-refractivity contribution < 1.29 is 4.39 Å². The van der Waals surface area contributed by atoms with Crippen LogP contribution in [0.5, 0.6) is 0 Å². The van der Waals surface area contributed by atoms with Crippen LogP contribution in [0, 0.1) is 6.92 Å². The van der Waals surface area contributed by atoms with Crippen molar-refractivity contribution >= 4 is 11.5 Å². The van der Waals surface area contributed by atoms with E-state index >= 15 is 0 Å². The van der Waals surface area contributed by atoms with Gasteiger partial charge in [-0.2, -0.15) is 0 Å². The van der Waals surface area contributed by atoms with Gasteiger partial charge in [0.2, 0.25) is 0 Å². The average Bonchev–Trinajstić information content (AvgIpc) is 2.09. The minimum Gasteiger partial charge on any atom is -0.397 e. The van der Waals surface area contributed by atoms with Crippen molar-refractivity contribution in [2.75, 3.05) is 24.3 Å². The number of rotatable bonds is 4. The van der Waals surface area contributed by atoms with Crippen LogP contribution in [0.25, 0.3) is 0 Å². The number of nitrogens with two attached hydrogens (primary N) is 1. The van der Waals surface area contributed by atoms with Gasteiger partial charge in [-0.1, -0.05) is 0 Å². The molecular weight excluding hydrogens is 169 g/mol. The van der Waals surface area contributed by atoms with Gasteiger partial charge in [-0.15, -0.1) is 0 Å². The highest BCUT2D eigenvalue weighted by molar-refractivity contribution is 5.50. The lowest BCUT2D eigenvalue weighted by molar-refractivity contribution is 0.481. The Bertz CT molecular complexity index is 276. The number of nitrogens with one attached hydrogen (secondary N) is 1. The van der Waals surface area contributed by atoms with Crippen molar-refractivity contribution in [3.8, 4) is 0 Å². The Morgan fingerprint density at radius 1 is 1.62 bits per heavy atom. The smallest absolute Gasteiger partial charge is 0.128 e. The van der Waals surface area contributed by atoms with Gasteiger partial charge in [-0.05, 0) is 25.0 Å². The molecule has 13 heavy (non-hydrogen) atoms. The molecule has 1 aromatic heterocycles. The van der Waals surface area contributed by atoms with Gasteiger partial charge in [0.1, 0.15) is 5.82 Å². The standard InChI is InChI=1S/C9H14FN3/c1-7-5-8(11)6-13-9(7)12-4-2-3-10/h5-6H,2-4,11H2,1H3,(H,12,13). The summed E-state index contributed by atoms with van der Waals surface area (Å²) in [5.41, 5.74) is 7.16. The van der Waals surface area contributed by atoms with Crippen molar-refractivity contribution in [2.24, 2.45) is 0 Å². The van der Waals surface area contributed by atoms with Crippen molar-refractivity contribution in [2.45, 2.75) is 13.3 Å². The van der Waals surface area contributed by atoms with Gasteiger partial charge in [0, 0.05) is 6.54 Å². The SMILES string of the molecule is Cc1cc(N)cnc1NCCCF. The monoisotopic (exact) mass is 183 g/mol. The highest BCUT2D eigenvalue weighted by Gasteiger charge is 1.98. The number of anilines is 2. The molecule has 0 aliphatic carbocycles. The molecule has 0 aliphatic heterocycles. The molecule has 3 nitrogen and oxygen atoms in total. The fourth-order valence-corrected chi connectivity index (χ4v) is 1.06. The molecule has 0 aliphatic rings. The second-order valence-corrected chi connectivity index (χ2v) is 2.90. The summed E-state index contributed by atoms with van der Waals surface area (Å²) in [5, 5.41) is 3.03. The summed E-state index contributed by atoms with van der Waals surface area (Å²) < 4.78 is 11.8. The van der Waals surface area contributed by atoms with Gasteiger partial charge in [0.15, 0.2) is 0 Å². The van der Waals surface area contributed by atoms with E-state index in [9.17, 15) is 4.39 Å². The minimum atomic E-state index is -0.305. The van der Waals surface area contributed by atoms with E-state index in [0.29, 0.717) is 18.7 Å². The average molecular weight is 183 g/mol. The van der Waals surface area contributed by atoms with Crippen LogP contribution in [-0.4, -0.2) is 18.2 Å². The summed E-state index contributed by atoms with van der Waals surface area (Å²) in [6, 6.07) is 1.84. The van der Waals surface area contributed by atoms with Crippen molar-refractivity contribution in [1.29, 1.82) is 0 Å². The molecule has 0 saturated carbocycles. The minimum absolute atomic E-state index is 0.305. The van der Waals surface area contributed by atoms with E-state index in [1.807, 2.05) is 13.0 Å². The summed E-state index contributed by atoms with van der Waals surface area (Å²) in [5.74, 6) is 0.780. The third-order valence-corrected chi connectivity index (χ3v) is 1.70. The molecule has 0 radical (unpaired) electrons. The molecular formula is C9H14FN3. The molecule has 0 spiro atoms. The molecule has 0 bridgehead atoms. The first-order valence-corrected chi connectivity index (χ1v) is 4.26. The fourth-order valence-electron chi connectivity index (χ4n) is 1.06. The molecule has 1 rings (SSSR count). The van der Waals surface area contributed by atoms with E-state index in [2.05, 4.69) is 10.3 Å². The Kier molecular flexibility index (Phi) is 3.49. The maximum absolute atomic E-state index is 11.8. The Hall–Kier alpha value is -1.32. The van der Waals surface area contributed by atoms with E-state index in [4.69, 9.17) is 5.73 Å². The summed E-state index contributed by atoms with van der Waals surface area (Å²) in [6.07, 6.45) is 2.09. The van der Waals surface area contributed by atoms with Crippen LogP contribution >= 0.6 is 0 Å². The van der Waals surface area contributed by atoms with Gasteiger partial charge >= 0.3 is 0 Å². The number of halogens is 1. The first kappa shape index (κ1) is 9.77. The lowest BCUT2D eigenvalue weighted by Gasteiger charge is -2.07. The normalized spacial score (nSPS) is 10.0. The van der Waals surface area contributed by atoms with E-state index in [1.165, 1.54) is 0 Å². The van der Waals surface area contributed by atoms with Crippen molar-refractivity contribution in [1.82, 2.24) is 4.98 Å².